The average molecular weight is 184 g/mol. The van der Waals surface area contributed by atoms with E-state index in [1.165, 1.54) is 13.0 Å². The van der Waals surface area contributed by atoms with Crippen molar-refractivity contribution in [3.05, 3.63) is 33.2 Å². The molecular weight excluding hydrogens is 178 g/mol. The van der Waals surface area contributed by atoms with Gasteiger partial charge < -0.3 is 4.98 Å². The van der Waals surface area contributed by atoms with Gasteiger partial charge in [0.2, 0.25) is 5.56 Å². The lowest BCUT2D eigenvalue weighted by Gasteiger charge is -2.04. The predicted octanol–water partition coefficient (Wildman–Crippen LogP) is 1.49. The Labute approximate surface area is 72.6 Å². The Morgan fingerprint density at radius 1 is 1.62 bits per heavy atom. The normalized spacial score (nSPS) is 10.1. The molecule has 0 aliphatic rings. The molecule has 0 unspecified atom stereocenters. The zero-order chi connectivity index (χ0) is 10.0. The minimum atomic E-state index is -2.74. The molecule has 0 amide bonds. The lowest BCUT2D eigenvalue weighted by molar-refractivity contribution is 0.149. The number of nitrogens with one attached hydrogen (secondary N) is 1. The maximum absolute atomic E-state index is 12.3. The molecule has 0 atom stereocenters. The standard InChI is InChI=1S/C8H6F2N2O/c1-4-2-6(13)12-5(3-11)7(4)8(9)10/h2,8H,1H3,(H,12,13). The van der Waals surface area contributed by atoms with Gasteiger partial charge in [-0.2, -0.15) is 5.26 Å². The number of aromatic nitrogens is 1. The molecule has 1 heterocycles. The van der Waals surface area contributed by atoms with E-state index in [0.717, 1.165) is 6.07 Å². The third-order valence-corrected chi connectivity index (χ3v) is 1.62. The van der Waals surface area contributed by atoms with Crippen LogP contribution in [0, 0.1) is 18.3 Å². The van der Waals surface area contributed by atoms with Crippen LogP contribution in [0.3, 0.4) is 0 Å². The molecule has 0 saturated heterocycles. The largest absolute Gasteiger partial charge is 0.313 e. The third kappa shape index (κ3) is 1.72. The summed E-state index contributed by atoms with van der Waals surface area (Å²) in [6.07, 6.45) is -2.74. The summed E-state index contributed by atoms with van der Waals surface area (Å²) in [6, 6.07) is 2.57. The highest BCUT2D eigenvalue weighted by atomic mass is 19.3. The van der Waals surface area contributed by atoms with E-state index >= 15 is 0 Å². The van der Waals surface area contributed by atoms with Crippen molar-refractivity contribution < 1.29 is 8.78 Å². The maximum atomic E-state index is 12.3. The Morgan fingerprint density at radius 3 is 2.69 bits per heavy atom. The molecular formula is C8H6F2N2O. The van der Waals surface area contributed by atoms with Crippen LogP contribution in [-0.4, -0.2) is 4.98 Å². The Hall–Kier alpha value is -1.70. The molecule has 0 radical (unpaired) electrons. The van der Waals surface area contributed by atoms with Crippen molar-refractivity contribution in [3.63, 3.8) is 0 Å². The fourth-order valence-electron chi connectivity index (χ4n) is 1.07. The van der Waals surface area contributed by atoms with E-state index in [2.05, 4.69) is 4.98 Å². The fraction of sp³-hybridized carbons (Fsp3) is 0.250. The van der Waals surface area contributed by atoms with Gasteiger partial charge in [-0.3, -0.25) is 4.79 Å². The maximum Gasteiger partial charge on any atom is 0.266 e. The monoisotopic (exact) mass is 184 g/mol. The molecule has 1 aromatic heterocycles. The van der Waals surface area contributed by atoms with Crippen molar-refractivity contribution in [1.29, 1.82) is 5.26 Å². The number of halogens is 2. The molecule has 0 fully saturated rings. The van der Waals surface area contributed by atoms with Crippen molar-refractivity contribution in [1.82, 2.24) is 4.98 Å². The molecule has 0 aromatic carbocycles. The first kappa shape index (κ1) is 9.39. The summed E-state index contributed by atoms with van der Waals surface area (Å²) in [5, 5.41) is 8.46. The van der Waals surface area contributed by atoms with Crippen molar-refractivity contribution in [3.8, 4) is 6.07 Å². The summed E-state index contributed by atoms with van der Waals surface area (Å²) in [4.78, 5) is 12.8. The van der Waals surface area contributed by atoms with Crippen LogP contribution >= 0.6 is 0 Å². The van der Waals surface area contributed by atoms with Gasteiger partial charge in [-0.25, -0.2) is 8.78 Å². The highest BCUT2D eigenvalue weighted by Gasteiger charge is 2.16. The van der Waals surface area contributed by atoms with Crippen molar-refractivity contribution in [2.75, 3.05) is 0 Å². The summed E-state index contributed by atoms with van der Waals surface area (Å²) in [5.41, 5.74) is -1.17. The van der Waals surface area contributed by atoms with E-state index in [1.54, 1.807) is 0 Å². The molecule has 1 rings (SSSR count). The van der Waals surface area contributed by atoms with Crippen LogP contribution in [0.1, 0.15) is 23.2 Å². The topological polar surface area (TPSA) is 56.6 Å². The molecule has 1 aromatic rings. The zero-order valence-electron chi connectivity index (χ0n) is 6.77. The number of H-pyrrole nitrogens is 1. The van der Waals surface area contributed by atoms with E-state index in [9.17, 15) is 13.6 Å². The number of rotatable bonds is 1. The van der Waals surface area contributed by atoms with Gasteiger partial charge in [-0.1, -0.05) is 0 Å². The number of aromatic amines is 1. The quantitative estimate of drug-likeness (QED) is 0.718. The van der Waals surface area contributed by atoms with Crippen molar-refractivity contribution in [2.24, 2.45) is 0 Å². The first-order chi connectivity index (χ1) is 6.06. The van der Waals surface area contributed by atoms with Crippen LogP contribution in [0.2, 0.25) is 0 Å². The van der Waals surface area contributed by atoms with Crippen LogP contribution < -0.4 is 5.56 Å². The molecule has 13 heavy (non-hydrogen) atoms. The van der Waals surface area contributed by atoms with E-state index < -0.39 is 17.5 Å². The van der Waals surface area contributed by atoms with Gasteiger partial charge >= 0.3 is 0 Å². The Balaban J connectivity index is 3.50. The van der Waals surface area contributed by atoms with Crippen molar-refractivity contribution >= 4 is 0 Å². The first-order valence-electron chi connectivity index (χ1n) is 3.48. The zero-order valence-corrected chi connectivity index (χ0v) is 6.77. The highest BCUT2D eigenvalue weighted by Crippen LogP contribution is 2.23. The third-order valence-electron chi connectivity index (χ3n) is 1.62. The van der Waals surface area contributed by atoms with E-state index in [1.807, 2.05) is 0 Å². The van der Waals surface area contributed by atoms with Crippen LogP contribution in [0.25, 0.3) is 0 Å². The molecule has 0 aliphatic heterocycles. The summed E-state index contributed by atoms with van der Waals surface area (Å²) < 4.78 is 24.7. The highest BCUT2D eigenvalue weighted by molar-refractivity contribution is 5.37. The SMILES string of the molecule is Cc1cc(=O)[nH]c(C#N)c1C(F)F. The molecule has 0 bridgehead atoms. The Bertz CT molecular complexity index is 417. The number of nitriles is 1. The van der Waals surface area contributed by atoms with Gasteiger partial charge in [0.25, 0.3) is 6.43 Å². The van der Waals surface area contributed by atoms with Crippen LogP contribution in [-0.2, 0) is 0 Å². The summed E-state index contributed by atoms with van der Waals surface area (Å²) >= 11 is 0. The summed E-state index contributed by atoms with van der Waals surface area (Å²) in [5.74, 6) is 0. The average Bonchev–Trinajstić information content (AvgIpc) is 2.01. The van der Waals surface area contributed by atoms with Gasteiger partial charge in [0.05, 0.1) is 5.56 Å². The van der Waals surface area contributed by atoms with Crippen LogP contribution in [0.4, 0.5) is 8.78 Å². The predicted molar refractivity (Wildman–Crippen MR) is 41.5 cm³/mol. The van der Waals surface area contributed by atoms with Gasteiger partial charge in [-0.05, 0) is 12.5 Å². The second kappa shape index (κ2) is 3.35. The molecule has 3 nitrogen and oxygen atoms in total. The lowest BCUT2D eigenvalue weighted by atomic mass is 10.1. The molecule has 68 valence electrons. The second-order valence-corrected chi connectivity index (χ2v) is 2.52. The molecule has 5 heteroatoms. The van der Waals surface area contributed by atoms with E-state index in [4.69, 9.17) is 5.26 Å². The Morgan fingerprint density at radius 2 is 2.23 bits per heavy atom. The summed E-state index contributed by atoms with van der Waals surface area (Å²) in [6.45, 7) is 1.37. The minimum absolute atomic E-state index is 0.135. The smallest absolute Gasteiger partial charge is 0.266 e. The lowest BCUT2D eigenvalue weighted by Crippen LogP contribution is -2.11. The number of nitrogens with zero attached hydrogens (tertiary/aromatic N) is 1. The first-order valence-corrected chi connectivity index (χ1v) is 3.48. The van der Waals surface area contributed by atoms with Gasteiger partial charge in [-0.15, -0.1) is 0 Å². The van der Waals surface area contributed by atoms with Crippen LogP contribution in [0.15, 0.2) is 10.9 Å². The summed E-state index contributed by atoms with van der Waals surface area (Å²) in [7, 11) is 0. The number of hydrogen-bond donors (Lipinski definition) is 1. The van der Waals surface area contributed by atoms with Gasteiger partial charge in [0.1, 0.15) is 11.8 Å². The number of pyridine rings is 1. The number of hydrogen-bond acceptors (Lipinski definition) is 2. The molecule has 0 aliphatic carbocycles. The van der Waals surface area contributed by atoms with Gasteiger partial charge in [0, 0.05) is 6.07 Å². The number of aryl methyl sites for hydroxylation is 1. The second-order valence-electron chi connectivity index (χ2n) is 2.52. The van der Waals surface area contributed by atoms with Crippen LogP contribution in [0.5, 0.6) is 0 Å². The Kier molecular flexibility index (Phi) is 2.42. The van der Waals surface area contributed by atoms with Gasteiger partial charge in [0.15, 0.2) is 0 Å². The molecule has 0 saturated carbocycles. The molecule has 0 spiro atoms. The van der Waals surface area contributed by atoms with Crippen molar-refractivity contribution in [2.45, 2.75) is 13.3 Å². The van der Waals surface area contributed by atoms with E-state index in [-0.39, 0.29) is 11.3 Å². The number of alkyl halides is 2. The van der Waals surface area contributed by atoms with E-state index in [0.29, 0.717) is 0 Å². The minimum Gasteiger partial charge on any atom is -0.313 e. The fourth-order valence-corrected chi connectivity index (χ4v) is 1.07. The molecule has 1 N–H and O–H groups in total.